The van der Waals surface area contributed by atoms with E-state index in [0.29, 0.717) is 19.3 Å². The van der Waals surface area contributed by atoms with Crippen LogP contribution in [0.1, 0.15) is 290 Å². The highest BCUT2D eigenvalue weighted by atomic mass is 16.6. The van der Waals surface area contributed by atoms with E-state index < -0.39 is 6.10 Å². The van der Waals surface area contributed by atoms with Crippen molar-refractivity contribution >= 4 is 17.9 Å². The topological polar surface area (TPSA) is 78.9 Å². The van der Waals surface area contributed by atoms with Gasteiger partial charge in [0.15, 0.2) is 6.10 Å². The van der Waals surface area contributed by atoms with Crippen molar-refractivity contribution in [2.24, 2.45) is 0 Å². The standard InChI is InChI=1S/C69H116O6/c1-4-7-10-13-16-19-21-23-25-27-29-31-32-33-34-35-36-38-39-41-43-45-47-50-53-56-59-62-68(71)74-65-66(64-73-67(70)61-58-55-52-49-18-15-12-9-6-3)75-69(72)63-60-57-54-51-48-46-44-42-40-37-30-28-26-24-22-20-17-14-11-8-5-2/h7,10,16,19,22-25,28-31,33-34,36,38,41,43,66H,4-6,8-9,11-15,17-18,20-21,26-27,32,35,37,39-40,42,44-65H2,1-3H3/b10-7-,19-16-,24-22-,25-23-,30-28-,31-29-,34-33-,38-36-,43-41-. The summed E-state index contributed by atoms with van der Waals surface area (Å²) in [5, 5.41) is 0. The van der Waals surface area contributed by atoms with Gasteiger partial charge in [0.05, 0.1) is 0 Å². The van der Waals surface area contributed by atoms with Gasteiger partial charge in [0.2, 0.25) is 0 Å². The molecule has 0 aliphatic rings. The third kappa shape index (κ3) is 60.8. The summed E-state index contributed by atoms with van der Waals surface area (Å²) in [6, 6.07) is 0. The molecule has 0 saturated carbocycles. The molecule has 0 fully saturated rings. The molecule has 75 heavy (non-hydrogen) atoms. The Morgan fingerprint density at radius 1 is 0.280 bits per heavy atom. The maximum Gasteiger partial charge on any atom is 0.306 e. The minimum Gasteiger partial charge on any atom is -0.462 e. The Hall–Kier alpha value is -3.93. The Bertz CT molecular complexity index is 1520. The van der Waals surface area contributed by atoms with Crippen LogP contribution in [0.3, 0.4) is 0 Å². The van der Waals surface area contributed by atoms with Gasteiger partial charge in [-0.2, -0.15) is 0 Å². The smallest absolute Gasteiger partial charge is 0.306 e. The zero-order valence-electron chi connectivity index (χ0n) is 49.0. The van der Waals surface area contributed by atoms with Crippen LogP contribution in [0.15, 0.2) is 109 Å². The number of esters is 3. The van der Waals surface area contributed by atoms with Gasteiger partial charge in [-0.1, -0.05) is 271 Å². The monoisotopic (exact) mass is 1040 g/mol. The molecule has 0 saturated heterocycles. The van der Waals surface area contributed by atoms with Gasteiger partial charge >= 0.3 is 17.9 Å². The zero-order valence-corrected chi connectivity index (χ0v) is 49.0. The fourth-order valence-corrected chi connectivity index (χ4v) is 8.57. The largest absolute Gasteiger partial charge is 0.462 e. The molecule has 0 aromatic carbocycles. The SMILES string of the molecule is CC/C=C\C/C=C\C/C=C\C/C=C\C/C=C\C/C=C\C/C=C\CCCCCCCC(=O)OCC(COC(=O)CCCCCCCCCCC)OC(=O)CCCCCCCCCCC/C=C\C/C=C\CCCCCCC. The highest BCUT2D eigenvalue weighted by Crippen LogP contribution is 2.15. The molecule has 0 aromatic heterocycles. The van der Waals surface area contributed by atoms with Gasteiger partial charge in [-0.05, 0) is 109 Å². The van der Waals surface area contributed by atoms with Crippen molar-refractivity contribution in [3.05, 3.63) is 109 Å². The molecule has 1 unspecified atom stereocenters. The maximum absolute atomic E-state index is 12.9. The Labute approximate surface area is 463 Å². The number of allylic oxidation sites excluding steroid dienone is 18. The molecule has 1 atom stereocenters. The summed E-state index contributed by atoms with van der Waals surface area (Å²) in [7, 11) is 0. The summed E-state index contributed by atoms with van der Waals surface area (Å²) in [5.74, 6) is -0.907. The highest BCUT2D eigenvalue weighted by Gasteiger charge is 2.19. The van der Waals surface area contributed by atoms with Crippen molar-refractivity contribution in [1.82, 2.24) is 0 Å². The van der Waals surface area contributed by atoms with Gasteiger partial charge in [-0.15, -0.1) is 0 Å². The van der Waals surface area contributed by atoms with Crippen LogP contribution in [0, 0.1) is 0 Å². The lowest BCUT2D eigenvalue weighted by Gasteiger charge is -2.18. The molecular formula is C69H116O6. The molecule has 0 aliphatic heterocycles. The van der Waals surface area contributed by atoms with Crippen LogP contribution in [0.25, 0.3) is 0 Å². The Kier molecular flexibility index (Phi) is 59.3. The molecule has 0 N–H and O–H groups in total. The molecule has 0 spiro atoms. The van der Waals surface area contributed by atoms with E-state index >= 15 is 0 Å². The third-order valence-electron chi connectivity index (χ3n) is 13.3. The van der Waals surface area contributed by atoms with Gasteiger partial charge in [0, 0.05) is 19.3 Å². The summed E-state index contributed by atoms with van der Waals surface area (Å²) < 4.78 is 16.9. The van der Waals surface area contributed by atoms with E-state index in [9.17, 15) is 14.4 Å². The average Bonchev–Trinajstić information content (AvgIpc) is 3.41. The summed E-state index contributed by atoms with van der Waals surface area (Å²) in [4.78, 5) is 38.2. The molecule has 0 amide bonds. The molecule has 0 aromatic rings. The summed E-state index contributed by atoms with van der Waals surface area (Å²) in [6.07, 6.45) is 85.2. The quantitative estimate of drug-likeness (QED) is 0.0261. The first-order valence-electron chi connectivity index (χ1n) is 31.4. The van der Waals surface area contributed by atoms with Crippen molar-refractivity contribution in [2.75, 3.05) is 13.2 Å². The van der Waals surface area contributed by atoms with E-state index in [1.54, 1.807) is 0 Å². The third-order valence-corrected chi connectivity index (χ3v) is 13.3. The Morgan fingerprint density at radius 3 is 0.813 bits per heavy atom. The van der Waals surface area contributed by atoms with Crippen LogP contribution in [-0.4, -0.2) is 37.2 Å². The van der Waals surface area contributed by atoms with Gasteiger partial charge in [0.25, 0.3) is 0 Å². The van der Waals surface area contributed by atoms with Crippen molar-refractivity contribution in [3.8, 4) is 0 Å². The number of hydrogen-bond donors (Lipinski definition) is 0. The molecule has 6 nitrogen and oxygen atoms in total. The van der Waals surface area contributed by atoms with E-state index in [1.165, 1.54) is 122 Å². The first-order chi connectivity index (χ1) is 37.0. The van der Waals surface area contributed by atoms with E-state index in [0.717, 1.165) is 128 Å². The number of carbonyl (C=O) groups excluding carboxylic acids is 3. The number of unbranched alkanes of at least 4 members (excludes halogenated alkanes) is 27. The zero-order chi connectivity index (χ0) is 54.3. The van der Waals surface area contributed by atoms with Crippen LogP contribution < -0.4 is 0 Å². The molecule has 6 heteroatoms. The molecule has 428 valence electrons. The van der Waals surface area contributed by atoms with Crippen LogP contribution in [0.2, 0.25) is 0 Å². The predicted octanol–water partition coefficient (Wildman–Crippen LogP) is 21.4. The molecular weight excluding hydrogens is 925 g/mol. The number of carbonyl (C=O) groups is 3. The molecule has 0 bridgehead atoms. The summed E-state index contributed by atoms with van der Waals surface area (Å²) in [6.45, 7) is 6.49. The minimum atomic E-state index is -0.789. The molecule has 0 radical (unpaired) electrons. The fourth-order valence-electron chi connectivity index (χ4n) is 8.57. The van der Waals surface area contributed by atoms with Gasteiger partial charge in [-0.25, -0.2) is 0 Å². The lowest BCUT2D eigenvalue weighted by atomic mass is 10.1. The average molecular weight is 1040 g/mol. The summed E-state index contributed by atoms with van der Waals surface area (Å²) >= 11 is 0. The van der Waals surface area contributed by atoms with E-state index in [-0.39, 0.29) is 31.1 Å². The number of ether oxygens (including phenoxy) is 3. The second-order valence-electron chi connectivity index (χ2n) is 20.6. The van der Waals surface area contributed by atoms with Crippen molar-refractivity contribution in [3.63, 3.8) is 0 Å². The van der Waals surface area contributed by atoms with Crippen molar-refractivity contribution in [2.45, 2.75) is 297 Å². The number of hydrogen-bond acceptors (Lipinski definition) is 6. The van der Waals surface area contributed by atoms with Crippen LogP contribution in [-0.2, 0) is 28.6 Å². The Balaban J connectivity index is 4.30. The Morgan fingerprint density at radius 2 is 0.520 bits per heavy atom. The molecule has 0 rings (SSSR count). The first kappa shape index (κ1) is 71.1. The van der Waals surface area contributed by atoms with E-state index in [1.807, 2.05) is 0 Å². The molecule has 0 heterocycles. The van der Waals surface area contributed by atoms with Crippen LogP contribution >= 0.6 is 0 Å². The second-order valence-corrected chi connectivity index (χ2v) is 20.6. The van der Waals surface area contributed by atoms with Gasteiger partial charge < -0.3 is 14.2 Å². The lowest BCUT2D eigenvalue weighted by molar-refractivity contribution is -0.167. The fraction of sp³-hybridized carbons (Fsp3) is 0.696. The summed E-state index contributed by atoms with van der Waals surface area (Å²) in [5.41, 5.74) is 0. The normalized spacial score (nSPS) is 12.8. The lowest BCUT2D eigenvalue weighted by Crippen LogP contribution is -2.30. The van der Waals surface area contributed by atoms with Crippen molar-refractivity contribution in [1.29, 1.82) is 0 Å². The van der Waals surface area contributed by atoms with Gasteiger partial charge in [-0.3, -0.25) is 14.4 Å². The maximum atomic E-state index is 12.9. The van der Waals surface area contributed by atoms with Crippen LogP contribution in [0.4, 0.5) is 0 Å². The minimum absolute atomic E-state index is 0.0853. The van der Waals surface area contributed by atoms with E-state index in [4.69, 9.17) is 14.2 Å². The highest BCUT2D eigenvalue weighted by molar-refractivity contribution is 5.71. The first-order valence-corrected chi connectivity index (χ1v) is 31.4. The predicted molar refractivity (Wildman–Crippen MR) is 325 cm³/mol. The number of rotatable bonds is 56. The second kappa shape index (κ2) is 62.6. The van der Waals surface area contributed by atoms with Crippen LogP contribution in [0.5, 0.6) is 0 Å². The van der Waals surface area contributed by atoms with E-state index in [2.05, 4.69) is 130 Å². The van der Waals surface area contributed by atoms with Crippen molar-refractivity contribution < 1.29 is 28.6 Å². The molecule has 0 aliphatic carbocycles. The van der Waals surface area contributed by atoms with Gasteiger partial charge in [0.1, 0.15) is 13.2 Å².